The van der Waals surface area contributed by atoms with E-state index < -0.39 is 0 Å². The van der Waals surface area contributed by atoms with E-state index in [-0.39, 0.29) is 0 Å². The van der Waals surface area contributed by atoms with Crippen molar-refractivity contribution in [2.24, 2.45) is 11.3 Å². The lowest BCUT2D eigenvalue weighted by Gasteiger charge is -2.54. The molecule has 112 valence electrons. The average molecular weight is 282 g/mol. The number of hydrogen-bond donors (Lipinski definition) is 2. The predicted octanol–water partition coefficient (Wildman–Crippen LogP) is 3.21. The second kappa shape index (κ2) is 5.26. The lowest BCUT2D eigenvalue weighted by molar-refractivity contribution is 0.0226. The van der Waals surface area contributed by atoms with Crippen LogP contribution in [0.5, 0.6) is 0 Å². The third-order valence-electron chi connectivity index (χ3n) is 5.64. The zero-order chi connectivity index (χ0) is 14.3. The fraction of sp³-hybridized carbons (Fsp3) is 0.579. The molecule has 0 amide bonds. The third kappa shape index (κ3) is 2.67. The normalized spacial score (nSPS) is 30.8. The maximum atomic E-state index is 3.90. The molecule has 21 heavy (non-hydrogen) atoms. The first-order valence-corrected chi connectivity index (χ1v) is 8.50. The Hall–Kier alpha value is -1.12. The SMILES string of the molecule is CCC(=Cc1ccccc1)C1C[C@@H]1NC1CC2(CNC2)C1. The summed E-state index contributed by atoms with van der Waals surface area (Å²) in [5, 5.41) is 7.32. The van der Waals surface area contributed by atoms with Gasteiger partial charge in [-0.05, 0) is 42.6 Å². The first kappa shape index (κ1) is 13.5. The molecule has 0 aromatic heterocycles. The van der Waals surface area contributed by atoms with Crippen LogP contribution in [-0.2, 0) is 0 Å². The Balaban J connectivity index is 1.32. The summed E-state index contributed by atoms with van der Waals surface area (Å²) in [4.78, 5) is 0. The van der Waals surface area contributed by atoms with E-state index in [2.05, 4.69) is 54.0 Å². The molecule has 2 saturated carbocycles. The van der Waals surface area contributed by atoms with Crippen molar-refractivity contribution in [2.75, 3.05) is 13.1 Å². The molecule has 1 spiro atoms. The Morgan fingerprint density at radius 2 is 2.05 bits per heavy atom. The molecule has 1 aromatic carbocycles. The second-order valence-corrected chi connectivity index (χ2v) is 7.31. The van der Waals surface area contributed by atoms with Crippen molar-refractivity contribution in [2.45, 2.75) is 44.7 Å². The molecule has 3 fully saturated rings. The third-order valence-corrected chi connectivity index (χ3v) is 5.64. The molecule has 0 radical (unpaired) electrons. The summed E-state index contributed by atoms with van der Waals surface area (Å²) in [7, 11) is 0. The van der Waals surface area contributed by atoms with E-state index in [1.165, 1.54) is 44.3 Å². The van der Waals surface area contributed by atoms with E-state index in [4.69, 9.17) is 0 Å². The Kier molecular flexibility index (Phi) is 3.39. The summed E-state index contributed by atoms with van der Waals surface area (Å²) in [5.74, 6) is 0.784. The van der Waals surface area contributed by atoms with Crippen molar-refractivity contribution in [1.29, 1.82) is 0 Å². The lowest BCUT2D eigenvalue weighted by Crippen LogP contribution is -2.64. The van der Waals surface area contributed by atoms with Crippen molar-refractivity contribution < 1.29 is 0 Å². The summed E-state index contributed by atoms with van der Waals surface area (Å²) in [6.45, 7) is 4.81. The molecule has 3 aliphatic rings. The van der Waals surface area contributed by atoms with Crippen LogP contribution in [0, 0.1) is 11.3 Å². The number of rotatable bonds is 5. The summed E-state index contributed by atoms with van der Waals surface area (Å²) in [6.07, 6.45) is 7.72. The Labute approximate surface area is 128 Å². The molecule has 1 aliphatic heterocycles. The largest absolute Gasteiger partial charge is 0.316 e. The van der Waals surface area contributed by atoms with Crippen LogP contribution in [0.15, 0.2) is 35.9 Å². The van der Waals surface area contributed by atoms with Crippen molar-refractivity contribution in [3.05, 3.63) is 41.5 Å². The highest BCUT2D eigenvalue weighted by Gasteiger charge is 2.50. The van der Waals surface area contributed by atoms with Crippen LogP contribution in [-0.4, -0.2) is 25.2 Å². The van der Waals surface area contributed by atoms with Crippen LogP contribution in [0.2, 0.25) is 0 Å². The highest BCUT2D eigenvalue weighted by molar-refractivity contribution is 5.54. The van der Waals surface area contributed by atoms with E-state index in [0.717, 1.165) is 18.0 Å². The van der Waals surface area contributed by atoms with Gasteiger partial charge in [0.05, 0.1) is 0 Å². The van der Waals surface area contributed by atoms with Gasteiger partial charge in [0.15, 0.2) is 0 Å². The molecule has 1 unspecified atom stereocenters. The summed E-state index contributed by atoms with van der Waals surface area (Å²) >= 11 is 0. The van der Waals surface area contributed by atoms with Gasteiger partial charge in [-0.25, -0.2) is 0 Å². The van der Waals surface area contributed by atoms with Gasteiger partial charge < -0.3 is 10.6 Å². The number of hydrogen-bond acceptors (Lipinski definition) is 2. The van der Waals surface area contributed by atoms with Crippen molar-refractivity contribution in [1.82, 2.24) is 10.6 Å². The summed E-state index contributed by atoms with van der Waals surface area (Å²) in [5.41, 5.74) is 3.66. The highest BCUT2D eigenvalue weighted by Crippen LogP contribution is 2.47. The standard InChI is InChI=1S/C19H26N2/c1-2-15(8-14-6-4-3-5-7-14)17-9-18(17)21-16-10-19(11-16)12-20-13-19/h3-8,16-18,20-21H,2,9-13H2,1H3/t17?,18-/m0/s1. The molecule has 4 rings (SSSR count). The summed E-state index contributed by atoms with van der Waals surface area (Å²) < 4.78 is 0. The first-order valence-electron chi connectivity index (χ1n) is 8.50. The number of nitrogens with one attached hydrogen (secondary N) is 2. The van der Waals surface area contributed by atoms with E-state index in [0.29, 0.717) is 5.41 Å². The van der Waals surface area contributed by atoms with Gasteiger partial charge in [-0.1, -0.05) is 48.9 Å². The molecule has 1 saturated heterocycles. The lowest BCUT2D eigenvalue weighted by atomic mass is 9.61. The fourth-order valence-corrected chi connectivity index (χ4v) is 4.20. The minimum Gasteiger partial charge on any atom is -0.316 e. The Bertz CT molecular complexity index is 522. The maximum absolute atomic E-state index is 3.90. The molecule has 2 aliphatic carbocycles. The van der Waals surface area contributed by atoms with Gasteiger partial charge in [0.1, 0.15) is 0 Å². The van der Waals surface area contributed by atoms with E-state index in [9.17, 15) is 0 Å². The van der Waals surface area contributed by atoms with E-state index in [1.54, 1.807) is 5.57 Å². The van der Waals surface area contributed by atoms with Crippen molar-refractivity contribution >= 4 is 6.08 Å². The quantitative estimate of drug-likeness (QED) is 0.866. The average Bonchev–Trinajstić information content (AvgIpc) is 3.18. The molecular weight excluding hydrogens is 256 g/mol. The smallest absolute Gasteiger partial charge is 0.0142 e. The highest BCUT2D eigenvalue weighted by atomic mass is 15.1. The molecule has 2 heteroatoms. The molecule has 1 aromatic rings. The molecular formula is C19H26N2. The van der Waals surface area contributed by atoms with Gasteiger partial charge in [-0.2, -0.15) is 0 Å². The van der Waals surface area contributed by atoms with Crippen LogP contribution in [0.4, 0.5) is 0 Å². The Morgan fingerprint density at radius 1 is 1.29 bits per heavy atom. The van der Waals surface area contributed by atoms with Gasteiger partial charge in [-0.15, -0.1) is 0 Å². The fourth-order valence-electron chi connectivity index (χ4n) is 4.20. The van der Waals surface area contributed by atoms with Crippen molar-refractivity contribution in [3.8, 4) is 0 Å². The van der Waals surface area contributed by atoms with Crippen molar-refractivity contribution in [3.63, 3.8) is 0 Å². The predicted molar refractivity (Wildman–Crippen MR) is 88.1 cm³/mol. The van der Waals surface area contributed by atoms with Gasteiger partial charge >= 0.3 is 0 Å². The van der Waals surface area contributed by atoms with Gasteiger partial charge in [0, 0.05) is 25.2 Å². The zero-order valence-corrected chi connectivity index (χ0v) is 12.9. The van der Waals surface area contributed by atoms with Crippen LogP contribution in [0.1, 0.15) is 38.2 Å². The zero-order valence-electron chi connectivity index (χ0n) is 12.9. The maximum Gasteiger partial charge on any atom is 0.0142 e. The second-order valence-electron chi connectivity index (χ2n) is 7.31. The summed E-state index contributed by atoms with van der Waals surface area (Å²) in [6, 6.07) is 12.3. The van der Waals surface area contributed by atoms with Gasteiger partial charge in [-0.3, -0.25) is 0 Å². The van der Waals surface area contributed by atoms with E-state index in [1.807, 2.05) is 0 Å². The van der Waals surface area contributed by atoms with Crippen LogP contribution in [0.25, 0.3) is 6.08 Å². The minimum absolute atomic E-state index is 0.690. The van der Waals surface area contributed by atoms with Crippen LogP contribution < -0.4 is 10.6 Å². The molecule has 1 heterocycles. The van der Waals surface area contributed by atoms with Crippen LogP contribution in [0.3, 0.4) is 0 Å². The molecule has 2 nitrogen and oxygen atoms in total. The molecule has 2 atom stereocenters. The Morgan fingerprint density at radius 3 is 2.67 bits per heavy atom. The number of benzene rings is 1. The van der Waals surface area contributed by atoms with Crippen LogP contribution >= 0.6 is 0 Å². The van der Waals surface area contributed by atoms with Gasteiger partial charge in [0.2, 0.25) is 0 Å². The monoisotopic (exact) mass is 282 g/mol. The minimum atomic E-state index is 0.690. The van der Waals surface area contributed by atoms with E-state index >= 15 is 0 Å². The van der Waals surface area contributed by atoms with Gasteiger partial charge in [0.25, 0.3) is 0 Å². The molecule has 0 bridgehead atoms. The molecule has 2 N–H and O–H groups in total. The first-order chi connectivity index (χ1) is 10.3. The topological polar surface area (TPSA) is 24.1 Å².